The molecule has 2 N–H and O–H groups in total. The fraction of sp³-hybridized carbons (Fsp3) is 0.200. The second-order valence-corrected chi connectivity index (χ2v) is 5.44. The molecule has 25 heavy (non-hydrogen) atoms. The molecule has 0 spiro atoms. The summed E-state index contributed by atoms with van der Waals surface area (Å²) in [6.07, 6.45) is 0. The van der Waals surface area contributed by atoms with Gasteiger partial charge >= 0.3 is 0 Å². The van der Waals surface area contributed by atoms with Crippen LogP contribution in [0.1, 0.15) is 13.8 Å². The summed E-state index contributed by atoms with van der Waals surface area (Å²) < 4.78 is 5.48. The van der Waals surface area contributed by atoms with Crippen molar-refractivity contribution in [2.24, 2.45) is 0 Å². The van der Waals surface area contributed by atoms with E-state index in [-0.39, 0.29) is 0 Å². The van der Waals surface area contributed by atoms with Crippen molar-refractivity contribution in [3.8, 4) is 17.0 Å². The van der Waals surface area contributed by atoms with Crippen LogP contribution in [0.2, 0.25) is 0 Å². The van der Waals surface area contributed by atoms with Gasteiger partial charge < -0.3 is 15.4 Å². The van der Waals surface area contributed by atoms with Crippen molar-refractivity contribution in [3.63, 3.8) is 0 Å². The summed E-state index contributed by atoms with van der Waals surface area (Å²) >= 11 is 0. The zero-order valence-electron chi connectivity index (χ0n) is 14.5. The molecule has 0 amide bonds. The minimum absolute atomic E-state index is 0.609. The Labute approximate surface area is 148 Å². The van der Waals surface area contributed by atoms with Crippen molar-refractivity contribution in [3.05, 3.63) is 60.7 Å². The van der Waals surface area contributed by atoms with Crippen LogP contribution >= 0.6 is 0 Å². The Morgan fingerprint density at radius 1 is 0.920 bits per heavy atom. The molecule has 1 heterocycles. The Bertz CT molecular complexity index is 804. The summed E-state index contributed by atoms with van der Waals surface area (Å²) in [6.45, 7) is 5.42. The van der Waals surface area contributed by atoms with Gasteiger partial charge in [-0.05, 0) is 38.1 Å². The molecule has 0 aliphatic rings. The number of nitrogens with one attached hydrogen (secondary N) is 2. The highest BCUT2D eigenvalue weighted by Gasteiger charge is 2.07. The zero-order chi connectivity index (χ0) is 17.5. The van der Waals surface area contributed by atoms with Gasteiger partial charge in [-0.2, -0.15) is 4.98 Å². The van der Waals surface area contributed by atoms with E-state index >= 15 is 0 Å². The summed E-state index contributed by atoms with van der Waals surface area (Å²) in [5, 5.41) is 6.52. The Kier molecular flexibility index (Phi) is 5.46. The predicted molar refractivity (Wildman–Crippen MR) is 103 cm³/mol. The SMILES string of the molecule is CCNc1nc(Nc2ccc(OCC)cc2)cc(-c2ccccc2)n1. The van der Waals surface area contributed by atoms with Gasteiger partial charge in [-0.25, -0.2) is 4.98 Å². The lowest BCUT2D eigenvalue weighted by Crippen LogP contribution is -2.05. The van der Waals surface area contributed by atoms with E-state index in [1.54, 1.807) is 0 Å². The van der Waals surface area contributed by atoms with Crippen molar-refractivity contribution in [2.45, 2.75) is 13.8 Å². The number of rotatable bonds is 7. The minimum atomic E-state index is 0.609. The van der Waals surface area contributed by atoms with E-state index in [2.05, 4.69) is 20.6 Å². The summed E-state index contributed by atoms with van der Waals surface area (Å²) in [6, 6.07) is 19.9. The molecule has 0 unspecified atom stereocenters. The minimum Gasteiger partial charge on any atom is -0.494 e. The largest absolute Gasteiger partial charge is 0.494 e. The third-order valence-electron chi connectivity index (χ3n) is 3.57. The lowest BCUT2D eigenvalue weighted by molar-refractivity contribution is 0.340. The molecule has 2 aromatic carbocycles. The van der Waals surface area contributed by atoms with Gasteiger partial charge in [0.15, 0.2) is 0 Å². The van der Waals surface area contributed by atoms with E-state index in [1.807, 2.05) is 74.5 Å². The number of benzene rings is 2. The fourth-order valence-corrected chi connectivity index (χ4v) is 2.45. The van der Waals surface area contributed by atoms with Gasteiger partial charge in [0, 0.05) is 23.9 Å². The van der Waals surface area contributed by atoms with Crippen molar-refractivity contribution >= 4 is 17.5 Å². The van der Waals surface area contributed by atoms with E-state index in [0.29, 0.717) is 12.6 Å². The number of anilines is 3. The maximum atomic E-state index is 5.48. The van der Waals surface area contributed by atoms with Gasteiger partial charge in [-0.1, -0.05) is 30.3 Å². The van der Waals surface area contributed by atoms with Crippen LogP contribution in [0.4, 0.5) is 17.5 Å². The third kappa shape index (κ3) is 4.47. The molecule has 0 radical (unpaired) electrons. The second kappa shape index (κ2) is 8.15. The number of ether oxygens (including phenoxy) is 1. The highest BCUT2D eigenvalue weighted by atomic mass is 16.5. The van der Waals surface area contributed by atoms with Crippen LogP contribution in [0.5, 0.6) is 5.75 Å². The molecule has 0 saturated carbocycles. The van der Waals surface area contributed by atoms with Crippen molar-refractivity contribution < 1.29 is 4.74 Å². The normalized spacial score (nSPS) is 10.3. The van der Waals surface area contributed by atoms with Crippen LogP contribution in [0.3, 0.4) is 0 Å². The molecule has 0 aliphatic heterocycles. The molecule has 0 saturated heterocycles. The van der Waals surface area contributed by atoms with E-state index in [9.17, 15) is 0 Å². The van der Waals surface area contributed by atoms with Gasteiger partial charge in [0.25, 0.3) is 0 Å². The lowest BCUT2D eigenvalue weighted by Gasteiger charge is -2.11. The topological polar surface area (TPSA) is 59.1 Å². The molecular formula is C20H22N4O. The average molecular weight is 334 g/mol. The average Bonchev–Trinajstić information content (AvgIpc) is 2.64. The van der Waals surface area contributed by atoms with Gasteiger partial charge in [0.1, 0.15) is 11.6 Å². The molecule has 0 fully saturated rings. The Hall–Kier alpha value is -3.08. The van der Waals surface area contributed by atoms with E-state index in [0.717, 1.165) is 35.1 Å². The first-order valence-corrected chi connectivity index (χ1v) is 8.46. The van der Waals surface area contributed by atoms with E-state index in [4.69, 9.17) is 4.74 Å². The Balaban J connectivity index is 1.88. The number of hydrogen-bond donors (Lipinski definition) is 2. The summed E-state index contributed by atoms with van der Waals surface area (Å²) in [7, 11) is 0. The van der Waals surface area contributed by atoms with Crippen molar-refractivity contribution in [1.29, 1.82) is 0 Å². The number of aromatic nitrogens is 2. The van der Waals surface area contributed by atoms with Gasteiger partial charge in [0.05, 0.1) is 12.3 Å². The zero-order valence-corrected chi connectivity index (χ0v) is 14.5. The molecule has 0 aliphatic carbocycles. The second-order valence-electron chi connectivity index (χ2n) is 5.44. The highest BCUT2D eigenvalue weighted by Crippen LogP contribution is 2.24. The molecule has 128 valence electrons. The molecule has 0 atom stereocenters. The first-order valence-electron chi connectivity index (χ1n) is 8.46. The Morgan fingerprint density at radius 3 is 2.36 bits per heavy atom. The third-order valence-corrected chi connectivity index (χ3v) is 3.57. The van der Waals surface area contributed by atoms with E-state index in [1.165, 1.54) is 0 Å². The molecular weight excluding hydrogens is 312 g/mol. The predicted octanol–water partition coefficient (Wildman–Crippen LogP) is 4.72. The van der Waals surface area contributed by atoms with Gasteiger partial charge in [-0.3, -0.25) is 0 Å². The molecule has 1 aromatic heterocycles. The van der Waals surface area contributed by atoms with Crippen LogP contribution in [0.15, 0.2) is 60.7 Å². The molecule has 5 heteroatoms. The monoisotopic (exact) mass is 334 g/mol. The fourth-order valence-electron chi connectivity index (χ4n) is 2.45. The molecule has 0 bridgehead atoms. The highest BCUT2D eigenvalue weighted by molar-refractivity contribution is 5.67. The van der Waals surface area contributed by atoms with Crippen molar-refractivity contribution in [1.82, 2.24) is 9.97 Å². The quantitative estimate of drug-likeness (QED) is 0.655. The summed E-state index contributed by atoms with van der Waals surface area (Å²) in [5.74, 6) is 2.21. The van der Waals surface area contributed by atoms with Crippen LogP contribution in [-0.2, 0) is 0 Å². The van der Waals surface area contributed by atoms with Gasteiger partial charge in [-0.15, -0.1) is 0 Å². The first kappa shape index (κ1) is 16.8. The summed E-state index contributed by atoms with van der Waals surface area (Å²) in [4.78, 5) is 9.13. The molecule has 3 rings (SSSR count). The molecule has 5 nitrogen and oxygen atoms in total. The number of hydrogen-bond acceptors (Lipinski definition) is 5. The summed E-state index contributed by atoms with van der Waals surface area (Å²) in [5.41, 5.74) is 2.88. The van der Waals surface area contributed by atoms with Gasteiger partial charge in [0.2, 0.25) is 5.95 Å². The van der Waals surface area contributed by atoms with Crippen LogP contribution in [0.25, 0.3) is 11.3 Å². The first-order chi connectivity index (χ1) is 12.3. The standard InChI is InChI=1S/C20H22N4O/c1-3-21-20-23-18(15-8-6-5-7-9-15)14-19(24-20)22-16-10-12-17(13-11-16)25-4-2/h5-14H,3-4H2,1-2H3,(H2,21,22,23,24). The maximum absolute atomic E-state index is 5.48. The van der Waals surface area contributed by atoms with Crippen LogP contribution < -0.4 is 15.4 Å². The van der Waals surface area contributed by atoms with E-state index < -0.39 is 0 Å². The lowest BCUT2D eigenvalue weighted by atomic mass is 10.1. The Morgan fingerprint density at radius 2 is 1.68 bits per heavy atom. The smallest absolute Gasteiger partial charge is 0.225 e. The molecule has 3 aromatic rings. The van der Waals surface area contributed by atoms with Crippen LogP contribution in [0, 0.1) is 0 Å². The number of nitrogens with zero attached hydrogens (tertiary/aromatic N) is 2. The van der Waals surface area contributed by atoms with Crippen molar-refractivity contribution in [2.75, 3.05) is 23.8 Å². The van der Waals surface area contributed by atoms with Crippen LogP contribution in [-0.4, -0.2) is 23.1 Å². The maximum Gasteiger partial charge on any atom is 0.225 e.